The van der Waals surface area contributed by atoms with Crippen molar-refractivity contribution in [3.8, 4) is 5.75 Å². The van der Waals surface area contributed by atoms with Gasteiger partial charge in [-0.25, -0.2) is 0 Å². The Bertz CT molecular complexity index is 1160. The van der Waals surface area contributed by atoms with Crippen LogP contribution in [-0.4, -0.2) is 35.0 Å². The number of amides is 1. The Labute approximate surface area is 194 Å². The number of pyridine rings is 1. The molecular weight excluding hydrogens is 408 g/mol. The summed E-state index contributed by atoms with van der Waals surface area (Å²) < 4.78 is 6.32. The highest BCUT2D eigenvalue weighted by atomic mass is 16.5. The average Bonchev–Trinajstić information content (AvgIpc) is 2.89. The van der Waals surface area contributed by atoms with Crippen LogP contribution in [0.4, 0.5) is 0 Å². The maximum Gasteiger partial charge on any atom is 0.223 e. The zero-order chi connectivity index (χ0) is 22.5. The van der Waals surface area contributed by atoms with Crippen molar-refractivity contribution < 1.29 is 9.53 Å². The number of rotatable bonds is 6. The van der Waals surface area contributed by atoms with Gasteiger partial charge in [-0.2, -0.15) is 0 Å². The number of benzene rings is 3. The predicted molar refractivity (Wildman–Crippen MR) is 131 cm³/mol. The van der Waals surface area contributed by atoms with E-state index in [1.807, 2.05) is 71.6 Å². The maximum absolute atomic E-state index is 13.3. The molecule has 166 valence electrons. The van der Waals surface area contributed by atoms with Crippen molar-refractivity contribution in [1.82, 2.24) is 9.88 Å². The molecule has 0 bridgehead atoms. The summed E-state index contributed by atoms with van der Waals surface area (Å²) in [6.07, 6.45) is 4.03. The summed E-state index contributed by atoms with van der Waals surface area (Å²) in [5, 5.41) is 1.08. The van der Waals surface area contributed by atoms with Crippen molar-refractivity contribution in [2.24, 2.45) is 0 Å². The highest BCUT2D eigenvalue weighted by Gasteiger charge is 2.27. The maximum atomic E-state index is 13.3. The first kappa shape index (κ1) is 21.2. The lowest BCUT2D eigenvalue weighted by molar-refractivity contribution is -0.133. The van der Waals surface area contributed by atoms with Crippen LogP contribution in [0.5, 0.6) is 5.75 Å². The molecule has 0 atom stereocenters. The minimum Gasteiger partial charge on any atom is -0.488 e. The van der Waals surface area contributed by atoms with Crippen LogP contribution in [0, 0.1) is 0 Å². The first-order chi connectivity index (χ1) is 16.3. The van der Waals surface area contributed by atoms with E-state index in [4.69, 9.17) is 4.74 Å². The van der Waals surface area contributed by atoms with Crippen LogP contribution in [0.1, 0.15) is 36.3 Å². The van der Waals surface area contributed by atoms with E-state index in [2.05, 4.69) is 29.2 Å². The molecular formula is C29H28N2O2. The molecule has 0 spiro atoms. The number of hydrogen-bond acceptors (Lipinski definition) is 3. The second-order valence-electron chi connectivity index (χ2n) is 8.61. The van der Waals surface area contributed by atoms with Gasteiger partial charge >= 0.3 is 0 Å². The standard InChI is InChI=1S/C29H28N2O2/c32-28(21-26(22-9-3-1-4-10-22)23-11-5-2-6-12-23)31-19-16-25(17-20-31)33-27-15-7-13-24-14-8-18-30-29(24)27/h1-15,18,25-26H,16-17,19-21H2. The zero-order valence-corrected chi connectivity index (χ0v) is 18.6. The molecule has 1 aliphatic rings. The molecule has 0 saturated carbocycles. The van der Waals surface area contributed by atoms with E-state index in [0.29, 0.717) is 6.42 Å². The summed E-state index contributed by atoms with van der Waals surface area (Å²) in [6, 6.07) is 30.7. The number of hydrogen-bond donors (Lipinski definition) is 0. The number of carbonyl (C=O) groups is 1. The van der Waals surface area contributed by atoms with E-state index in [9.17, 15) is 4.79 Å². The molecule has 4 heteroatoms. The summed E-state index contributed by atoms with van der Waals surface area (Å²) in [6.45, 7) is 1.44. The molecule has 4 nitrogen and oxygen atoms in total. The van der Waals surface area contributed by atoms with Crippen molar-refractivity contribution >= 4 is 16.8 Å². The third-order valence-electron chi connectivity index (χ3n) is 6.47. The number of ether oxygens (including phenoxy) is 1. The van der Waals surface area contributed by atoms with Gasteiger partial charge in [-0.1, -0.05) is 78.9 Å². The molecule has 2 heterocycles. The highest BCUT2D eigenvalue weighted by molar-refractivity contribution is 5.84. The van der Waals surface area contributed by atoms with Crippen molar-refractivity contribution in [2.45, 2.75) is 31.3 Å². The fourth-order valence-electron chi connectivity index (χ4n) is 4.68. The van der Waals surface area contributed by atoms with Gasteiger partial charge in [-0.15, -0.1) is 0 Å². The van der Waals surface area contributed by atoms with E-state index in [0.717, 1.165) is 42.6 Å². The smallest absolute Gasteiger partial charge is 0.223 e. The lowest BCUT2D eigenvalue weighted by atomic mass is 9.88. The van der Waals surface area contributed by atoms with Crippen LogP contribution in [0.2, 0.25) is 0 Å². The van der Waals surface area contributed by atoms with Crippen LogP contribution in [0.15, 0.2) is 97.2 Å². The minimum atomic E-state index is 0.0654. The van der Waals surface area contributed by atoms with E-state index >= 15 is 0 Å². The molecule has 4 aromatic rings. The van der Waals surface area contributed by atoms with Crippen LogP contribution in [0.3, 0.4) is 0 Å². The summed E-state index contributed by atoms with van der Waals surface area (Å²) in [5.41, 5.74) is 3.25. The van der Waals surface area contributed by atoms with E-state index in [1.54, 1.807) is 6.20 Å². The monoisotopic (exact) mass is 436 g/mol. The first-order valence-electron chi connectivity index (χ1n) is 11.7. The van der Waals surface area contributed by atoms with E-state index in [-0.39, 0.29) is 17.9 Å². The van der Waals surface area contributed by atoms with Gasteiger partial charge in [-0.05, 0) is 23.3 Å². The minimum absolute atomic E-state index is 0.0654. The Kier molecular flexibility index (Phi) is 6.34. The first-order valence-corrected chi connectivity index (χ1v) is 11.7. The van der Waals surface area contributed by atoms with Gasteiger partial charge in [-0.3, -0.25) is 9.78 Å². The summed E-state index contributed by atoms with van der Waals surface area (Å²) >= 11 is 0. The Balaban J connectivity index is 1.23. The number of likely N-dealkylation sites (tertiary alicyclic amines) is 1. The second kappa shape index (κ2) is 9.86. The Hall–Kier alpha value is -3.66. The summed E-state index contributed by atoms with van der Waals surface area (Å²) in [4.78, 5) is 19.8. The zero-order valence-electron chi connectivity index (χ0n) is 18.6. The fraction of sp³-hybridized carbons (Fsp3) is 0.241. The molecule has 1 aromatic heterocycles. The van der Waals surface area contributed by atoms with Gasteiger partial charge < -0.3 is 9.64 Å². The highest BCUT2D eigenvalue weighted by Crippen LogP contribution is 2.30. The number of nitrogens with zero attached hydrogens (tertiary/aromatic N) is 2. The van der Waals surface area contributed by atoms with Crippen molar-refractivity contribution in [3.63, 3.8) is 0 Å². The number of carbonyl (C=O) groups excluding carboxylic acids is 1. The van der Waals surface area contributed by atoms with Gasteiger partial charge in [0.2, 0.25) is 5.91 Å². The molecule has 1 saturated heterocycles. The van der Waals surface area contributed by atoms with Crippen molar-refractivity contribution in [1.29, 1.82) is 0 Å². The molecule has 1 aliphatic heterocycles. The Morgan fingerprint density at radius 1 is 0.848 bits per heavy atom. The molecule has 33 heavy (non-hydrogen) atoms. The third kappa shape index (κ3) is 4.90. The van der Waals surface area contributed by atoms with E-state index < -0.39 is 0 Å². The molecule has 3 aromatic carbocycles. The Morgan fingerprint density at radius 3 is 2.15 bits per heavy atom. The fourth-order valence-corrected chi connectivity index (χ4v) is 4.68. The number of piperidine rings is 1. The molecule has 0 unspecified atom stereocenters. The normalized spacial score (nSPS) is 14.5. The summed E-state index contributed by atoms with van der Waals surface area (Å²) in [7, 11) is 0. The molecule has 1 fully saturated rings. The Morgan fingerprint density at radius 2 is 1.48 bits per heavy atom. The molecule has 0 aliphatic carbocycles. The number of para-hydroxylation sites is 1. The molecule has 0 N–H and O–H groups in total. The van der Waals surface area contributed by atoms with Crippen LogP contribution in [0.25, 0.3) is 10.9 Å². The topological polar surface area (TPSA) is 42.4 Å². The van der Waals surface area contributed by atoms with Gasteiger partial charge in [0.1, 0.15) is 17.4 Å². The second-order valence-corrected chi connectivity index (χ2v) is 8.61. The van der Waals surface area contributed by atoms with Crippen molar-refractivity contribution in [2.75, 3.05) is 13.1 Å². The lowest BCUT2D eigenvalue weighted by Gasteiger charge is -2.33. The van der Waals surface area contributed by atoms with E-state index in [1.165, 1.54) is 11.1 Å². The van der Waals surface area contributed by atoms with Gasteiger partial charge in [0, 0.05) is 49.9 Å². The van der Waals surface area contributed by atoms with Crippen LogP contribution >= 0.6 is 0 Å². The quantitative estimate of drug-likeness (QED) is 0.382. The number of fused-ring (bicyclic) bond motifs is 1. The number of aromatic nitrogens is 1. The SMILES string of the molecule is O=C(CC(c1ccccc1)c1ccccc1)N1CCC(Oc2cccc3cccnc23)CC1. The van der Waals surface area contributed by atoms with Crippen LogP contribution in [-0.2, 0) is 4.79 Å². The molecule has 5 rings (SSSR count). The van der Waals surface area contributed by atoms with Gasteiger partial charge in [0.05, 0.1) is 0 Å². The third-order valence-corrected chi connectivity index (χ3v) is 6.47. The molecule has 0 radical (unpaired) electrons. The average molecular weight is 437 g/mol. The predicted octanol–water partition coefficient (Wildman–Crippen LogP) is 5.83. The molecule has 1 amide bonds. The van der Waals surface area contributed by atoms with Gasteiger partial charge in [0.25, 0.3) is 0 Å². The van der Waals surface area contributed by atoms with Crippen molar-refractivity contribution in [3.05, 3.63) is 108 Å². The van der Waals surface area contributed by atoms with Gasteiger partial charge in [0.15, 0.2) is 0 Å². The van der Waals surface area contributed by atoms with Crippen LogP contribution < -0.4 is 4.74 Å². The summed E-state index contributed by atoms with van der Waals surface area (Å²) in [5.74, 6) is 1.10. The largest absolute Gasteiger partial charge is 0.488 e. The lowest BCUT2D eigenvalue weighted by Crippen LogP contribution is -2.42.